The zero-order valence-corrected chi connectivity index (χ0v) is 11.5. The molecule has 4 heteroatoms. The topological polar surface area (TPSA) is 56.6 Å². The normalized spacial score (nSPS) is 12.8. The van der Waals surface area contributed by atoms with Crippen LogP contribution >= 0.6 is 0 Å². The first-order valence-corrected chi connectivity index (χ1v) is 6.65. The minimum absolute atomic E-state index is 0.121. The highest BCUT2D eigenvalue weighted by atomic mass is 16.3. The molecule has 18 heavy (non-hydrogen) atoms. The number of hydrogen-bond acceptors (Lipinski definition) is 4. The van der Waals surface area contributed by atoms with Gasteiger partial charge in [-0.05, 0) is 31.4 Å². The van der Waals surface area contributed by atoms with Crippen LogP contribution in [0.15, 0.2) is 18.3 Å². The van der Waals surface area contributed by atoms with Crippen molar-refractivity contribution in [2.75, 3.05) is 18.1 Å². The van der Waals surface area contributed by atoms with Gasteiger partial charge in [-0.2, -0.15) is 0 Å². The molecule has 0 saturated carbocycles. The maximum Gasteiger partial charge on any atom is 0.128 e. The van der Waals surface area contributed by atoms with E-state index in [2.05, 4.69) is 23.7 Å². The standard InChI is InChI=1S/C14H24N2O2/c1-4-13(5-2)16(8-9-17)14-7-6-12(10-15-14)11(3)18/h6-7,10-11,13,17-18H,4-5,8-9H2,1-3H3/t11-/m0/s1. The SMILES string of the molecule is CCC(CC)N(CCO)c1ccc([C@H](C)O)cn1. The molecule has 0 aliphatic rings. The van der Waals surface area contributed by atoms with Crippen LogP contribution in [0.1, 0.15) is 45.3 Å². The molecular weight excluding hydrogens is 228 g/mol. The number of aliphatic hydroxyl groups is 2. The van der Waals surface area contributed by atoms with Crippen LogP contribution in [0, 0.1) is 0 Å². The Labute approximate surface area is 109 Å². The van der Waals surface area contributed by atoms with Crippen molar-refractivity contribution >= 4 is 5.82 Å². The van der Waals surface area contributed by atoms with Gasteiger partial charge in [0.2, 0.25) is 0 Å². The third-order valence-electron chi connectivity index (χ3n) is 3.27. The number of aromatic nitrogens is 1. The van der Waals surface area contributed by atoms with Crippen molar-refractivity contribution in [3.05, 3.63) is 23.9 Å². The summed E-state index contributed by atoms with van der Waals surface area (Å²) in [6, 6.07) is 4.19. The molecule has 0 saturated heterocycles. The summed E-state index contributed by atoms with van der Waals surface area (Å²) in [7, 11) is 0. The predicted octanol–water partition coefficient (Wildman–Crippen LogP) is 2.12. The Balaban J connectivity index is 2.91. The average molecular weight is 252 g/mol. The average Bonchev–Trinajstić information content (AvgIpc) is 2.39. The molecule has 1 aromatic rings. The van der Waals surface area contributed by atoms with Crippen LogP contribution in [0.3, 0.4) is 0 Å². The van der Waals surface area contributed by atoms with Gasteiger partial charge < -0.3 is 15.1 Å². The van der Waals surface area contributed by atoms with Crippen LogP contribution in [0.4, 0.5) is 5.82 Å². The lowest BCUT2D eigenvalue weighted by atomic mass is 10.1. The van der Waals surface area contributed by atoms with Crippen LogP contribution < -0.4 is 4.90 Å². The van der Waals surface area contributed by atoms with Gasteiger partial charge in [-0.15, -0.1) is 0 Å². The van der Waals surface area contributed by atoms with E-state index in [-0.39, 0.29) is 6.61 Å². The number of pyridine rings is 1. The highest BCUT2D eigenvalue weighted by Gasteiger charge is 2.16. The molecule has 0 unspecified atom stereocenters. The summed E-state index contributed by atoms with van der Waals surface area (Å²) < 4.78 is 0. The van der Waals surface area contributed by atoms with Gasteiger partial charge in [0.25, 0.3) is 0 Å². The molecule has 0 aliphatic carbocycles. The number of aliphatic hydroxyl groups excluding tert-OH is 2. The van der Waals surface area contributed by atoms with Gasteiger partial charge in [-0.25, -0.2) is 4.98 Å². The zero-order chi connectivity index (χ0) is 13.5. The van der Waals surface area contributed by atoms with Gasteiger partial charge in [0, 0.05) is 18.8 Å². The second-order valence-corrected chi connectivity index (χ2v) is 4.51. The Morgan fingerprint density at radius 1 is 1.28 bits per heavy atom. The van der Waals surface area contributed by atoms with Gasteiger partial charge in [-0.1, -0.05) is 19.9 Å². The van der Waals surface area contributed by atoms with E-state index in [0.29, 0.717) is 12.6 Å². The van der Waals surface area contributed by atoms with E-state index in [0.717, 1.165) is 24.2 Å². The summed E-state index contributed by atoms with van der Waals surface area (Å²) in [6.45, 7) is 6.72. The fourth-order valence-electron chi connectivity index (χ4n) is 2.14. The minimum Gasteiger partial charge on any atom is -0.395 e. The maximum absolute atomic E-state index is 9.46. The first-order valence-electron chi connectivity index (χ1n) is 6.65. The first kappa shape index (κ1) is 14.9. The Hall–Kier alpha value is -1.13. The highest BCUT2D eigenvalue weighted by molar-refractivity contribution is 5.41. The number of hydrogen-bond donors (Lipinski definition) is 2. The minimum atomic E-state index is -0.494. The molecular formula is C14H24N2O2. The van der Waals surface area contributed by atoms with Gasteiger partial charge >= 0.3 is 0 Å². The number of nitrogens with zero attached hydrogens (tertiary/aromatic N) is 2. The van der Waals surface area contributed by atoms with Gasteiger partial charge in [0.05, 0.1) is 12.7 Å². The van der Waals surface area contributed by atoms with Gasteiger partial charge in [0.1, 0.15) is 5.82 Å². The van der Waals surface area contributed by atoms with Gasteiger partial charge in [-0.3, -0.25) is 0 Å². The fourth-order valence-corrected chi connectivity index (χ4v) is 2.14. The largest absolute Gasteiger partial charge is 0.395 e. The van der Waals surface area contributed by atoms with Crippen molar-refractivity contribution in [3.63, 3.8) is 0 Å². The summed E-state index contributed by atoms with van der Waals surface area (Å²) in [5.41, 5.74) is 0.812. The molecule has 0 spiro atoms. The van der Waals surface area contributed by atoms with Crippen LogP contribution in [0.25, 0.3) is 0 Å². The third kappa shape index (κ3) is 3.68. The molecule has 102 valence electrons. The van der Waals surface area contributed by atoms with E-state index in [1.165, 1.54) is 0 Å². The Kier molecular flexibility index (Phi) is 6.09. The molecule has 0 amide bonds. The quantitative estimate of drug-likeness (QED) is 0.780. The van der Waals surface area contributed by atoms with Crippen molar-refractivity contribution < 1.29 is 10.2 Å². The van der Waals surface area contributed by atoms with Crippen LogP contribution in [0.2, 0.25) is 0 Å². The predicted molar refractivity (Wildman–Crippen MR) is 73.7 cm³/mol. The van der Waals surface area contributed by atoms with E-state index in [1.807, 2.05) is 12.1 Å². The lowest BCUT2D eigenvalue weighted by molar-refractivity contribution is 0.199. The molecule has 2 N–H and O–H groups in total. The van der Waals surface area contributed by atoms with Crippen molar-refractivity contribution in [1.82, 2.24) is 4.98 Å². The molecule has 1 rings (SSSR count). The lowest BCUT2D eigenvalue weighted by Gasteiger charge is -2.31. The molecule has 0 fully saturated rings. The monoisotopic (exact) mass is 252 g/mol. The lowest BCUT2D eigenvalue weighted by Crippen LogP contribution is -2.37. The highest BCUT2D eigenvalue weighted by Crippen LogP contribution is 2.20. The third-order valence-corrected chi connectivity index (χ3v) is 3.27. The summed E-state index contributed by atoms with van der Waals surface area (Å²) in [5.74, 6) is 0.863. The second kappa shape index (κ2) is 7.34. The Morgan fingerprint density at radius 3 is 2.33 bits per heavy atom. The van der Waals surface area contributed by atoms with E-state index < -0.39 is 6.10 Å². The van der Waals surface area contributed by atoms with Crippen LogP contribution in [-0.2, 0) is 0 Å². The Bertz CT molecular complexity index is 334. The molecule has 0 aliphatic heterocycles. The smallest absolute Gasteiger partial charge is 0.128 e. The summed E-state index contributed by atoms with van der Waals surface area (Å²) in [6.07, 6.45) is 3.25. The molecule has 1 atom stereocenters. The van der Waals surface area contributed by atoms with E-state index in [4.69, 9.17) is 0 Å². The molecule has 0 radical (unpaired) electrons. The second-order valence-electron chi connectivity index (χ2n) is 4.51. The zero-order valence-electron chi connectivity index (χ0n) is 11.5. The Morgan fingerprint density at radius 2 is 1.94 bits per heavy atom. The van der Waals surface area contributed by atoms with Crippen molar-refractivity contribution in [2.24, 2.45) is 0 Å². The summed E-state index contributed by atoms with van der Waals surface area (Å²) >= 11 is 0. The molecule has 0 aromatic carbocycles. The van der Waals surface area contributed by atoms with Crippen LogP contribution in [0.5, 0.6) is 0 Å². The van der Waals surface area contributed by atoms with Crippen molar-refractivity contribution in [2.45, 2.75) is 45.8 Å². The van der Waals surface area contributed by atoms with Crippen molar-refractivity contribution in [1.29, 1.82) is 0 Å². The summed E-state index contributed by atoms with van der Waals surface area (Å²) in [4.78, 5) is 6.52. The fraction of sp³-hybridized carbons (Fsp3) is 0.643. The van der Waals surface area contributed by atoms with E-state index in [1.54, 1.807) is 13.1 Å². The van der Waals surface area contributed by atoms with E-state index >= 15 is 0 Å². The van der Waals surface area contributed by atoms with Crippen LogP contribution in [-0.4, -0.2) is 34.4 Å². The molecule has 1 heterocycles. The van der Waals surface area contributed by atoms with E-state index in [9.17, 15) is 10.2 Å². The molecule has 4 nitrogen and oxygen atoms in total. The molecule has 1 aromatic heterocycles. The maximum atomic E-state index is 9.46. The van der Waals surface area contributed by atoms with Gasteiger partial charge in [0.15, 0.2) is 0 Å². The summed E-state index contributed by atoms with van der Waals surface area (Å²) in [5, 5.41) is 18.6. The molecule has 0 bridgehead atoms. The first-order chi connectivity index (χ1) is 8.63. The van der Waals surface area contributed by atoms with Crippen molar-refractivity contribution in [3.8, 4) is 0 Å². The number of anilines is 1. The number of rotatable bonds is 7.